The summed E-state index contributed by atoms with van der Waals surface area (Å²) >= 11 is 0. The van der Waals surface area contributed by atoms with E-state index < -0.39 is 0 Å². The van der Waals surface area contributed by atoms with Crippen LogP contribution in [0, 0.1) is 0 Å². The van der Waals surface area contributed by atoms with Crippen molar-refractivity contribution in [3.63, 3.8) is 0 Å². The molecular formula is C25H18O3. The van der Waals surface area contributed by atoms with Crippen molar-refractivity contribution >= 4 is 22.3 Å². The smallest absolute Gasteiger partial charge is 0.198 e. The van der Waals surface area contributed by atoms with Gasteiger partial charge in [-0.2, -0.15) is 0 Å². The van der Waals surface area contributed by atoms with Crippen LogP contribution in [0.15, 0.2) is 91.0 Å². The van der Waals surface area contributed by atoms with Gasteiger partial charge >= 0.3 is 0 Å². The van der Waals surface area contributed by atoms with E-state index in [1.807, 2.05) is 48.5 Å². The highest BCUT2D eigenvalue weighted by Crippen LogP contribution is 2.31. The minimum Gasteiger partial charge on any atom is -0.496 e. The molecule has 28 heavy (non-hydrogen) atoms. The van der Waals surface area contributed by atoms with Gasteiger partial charge < -0.3 is 4.74 Å². The second kappa shape index (κ2) is 7.49. The lowest BCUT2D eigenvalue weighted by Gasteiger charge is -2.13. The van der Waals surface area contributed by atoms with E-state index in [2.05, 4.69) is 0 Å². The third-order valence-corrected chi connectivity index (χ3v) is 4.79. The second-order valence-electron chi connectivity index (χ2n) is 6.43. The SMILES string of the molecule is COc1ccc2ccccc2c1C(=O)c1ccccc1C(=O)c1ccccc1. The molecule has 0 radical (unpaired) electrons. The van der Waals surface area contributed by atoms with E-state index in [9.17, 15) is 9.59 Å². The van der Waals surface area contributed by atoms with Gasteiger partial charge in [0.15, 0.2) is 11.6 Å². The van der Waals surface area contributed by atoms with E-state index in [1.165, 1.54) is 0 Å². The standard InChI is InChI=1S/C25H18O3/c1-28-22-16-15-17-9-5-6-12-19(17)23(22)25(27)21-14-8-7-13-20(21)24(26)18-10-3-2-4-11-18/h2-16H,1H3. The van der Waals surface area contributed by atoms with Gasteiger partial charge in [0.05, 0.1) is 12.7 Å². The van der Waals surface area contributed by atoms with Crippen molar-refractivity contribution in [2.45, 2.75) is 0 Å². The Kier molecular flexibility index (Phi) is 4.73. The first-order chi connectivity index (χ1) is 13.7. The van der Waals surface area contributed by atoms with Gasteiger partial charge in [-0.1, -0.05) is 84.9 Å². The molecular weight excluding hydrogens is 348 g/mol. The predicted molar refractivity (Wildman–Crippen MR) is 110 cm³/mol. The molecule has 0 saturated heterocycles. The Labute approximate surface area is 163 Å². The van der Waals surface area contributed by atoms with Crippen LogP contribution in [-0.4, -0.2) is 18.7 Å². The second-order valence-corrected chi connectivity index (χ2v) is 6.43. The number of ketones is 2. The molecule has 0 spiro atoms. The van der Waals surface area contributed by atoms with Crippen molar-refractivity contribution in [2.24, 2.45) is 0 Å². The molecule has 0 bridgehead atoms. The molecule has 0 fully saturated rings. The molecule has 0 amide bonds. The van der Waals surface area contributed by atoms with Crippen LogP contribution in [-0.2, 0) is 0 Å². The molecule has 0 N–H and O–H groups in total. The monoisotopic (exact) mass is 366 g/mol. The maximum Gasteiger partial charge on any atom is 0.198 e. The van der Waals surface area contributed by atoms with Gasteiger partial charge in [0.2, 0.25) is 0 Å². The highest BCUT2D eigenvalue weighted by molar-refractivity contribution is 6.23. The number of hydrogen-bond donors (Lipinski definition) is 0. The van der Waals surface area contributed by atoms with Crippen LogP contribution in [0.2, 0.25) is 0 Å². The van der Waals surface area contributed by atoms with Crippen molar-refractivity contribution in [1.29, 1.82) is 0 Å². The van der Waals surface area contributed by atoms with Crippen molar-refractivity contribution in [3.8, 4) is 5.75 Å². The number of methoxy groups -OCH3 is 1. The molecule has 0 aromatic heterocycles. The fraction of sp³-hybridized carbons (Fsp3) is 0.0400. The molecule has 4 rings (SSSR count). The summed E-state index contributed by atoms with van der Waals surface area (Å²) < 4.78 is 5.48. The Morgan fingerprint density at radius 2 is 1.25 bits per heavy atom. The van der Waals surface area contributed by atoms with Crippen molar-refractivity contribution in [1.82, 2.24) is 0 Å². The molecule has 0 unspecified atom stereocenters. The largest absolute Gasteiger partial charge is 0.496 e. The molecule has 0 aliphatic heterocycles. The lowest BCUT2D eigenvalue weighted by Crippen LogP contribution is -2.12. The molecule has 0 aliphatic carbocycles. The summed E-state index contributed by atoms with van der Waals surface area (Å²) in [6.07, 6.45) is 0. The molecule has 0 heterocycles. The Morgan fingerprint density at radius 3 is 1.96 bits per heavy atom. The highest BCUT2D eigenvalue weighted by Gasteiger charge is 2.23. The minimum absolute atomic E-state index is 0.177. The number of rotatable bonds is 5. The lowest BCUT2D eigenvalue weighted by atomic mass is 9.91. The summed E-state index contributed by atoms with van der Waals surface area (Å²) in [5, 5.41) is 1.74. The zero-order valence-electron chi connectivity index (χ0n) is 15.4. The molecule has 4 aromatic rings. The molecule has 3 heteroatoms. The van der Waals surface area contributed by atoms with Crippen LogP contribution < -0.4 is 4.74 Å². The van der Waals surface area contributed by atoms with E-state index in [1.54, 1.807) is 49.6 Å². The van der Waals surface area contributed by atoms with Crippen molar-refractivity contribution in [3.05, 3.63) is 113 Å². The average Bonchev–Trinajstić information content (AvgIpc) is 2.78. The first-order valence-corrected chi connectivity index (χ1v) is 9.00. The van der Waals surface area contributed by atoms with Gasteiger partial charge in [-0.15, -0.1) is 0 Å². The number of carbonyl (C=O) groups excluding carboxylic acids is 2. The molecule has 0 atom stereocenters. The van der Waals surface area contributed by atoms with Crippen LogP contribution in [0.3, 0.4) is 0 Å². The summed E-state index contributed by atoms with van der Waals surface area (Å²) in [4.78, 5) is 26.6. The van der Waals surface area contributed by atoms with Gasteiger partial charge in [-0.25, -0.2) is 0 Å². The number of ether oxygens (including phenoxy) is 1. The van der Waals surface area contributed by atoms with Crippen LogP contribution in [0.4, 0.5) is 0 Å². The summed E-state index contributed by atoms with van der Waals surface area (Å²) in [6.45, 7) is 0. The van der Waals surface area contributed by atoms with Crippen LogP contribution in [0.1, 0.15) is 31.8 Å². The average molecular weight is 366 g/mol. The summed E-state index contributed by atoms with van der Waals surface area (Å²) in [6, 6.07) is 27.3. The normalized spacial score (nSPS) is 10.6. The predicted octanol–water partition coefficient (Wildman–Crippen LogP) is 5.31. The quantitative estimate of drug-likeness (QED) is 0.450. The van der Waals surface area contributed by atoms with E-state index in [4.69, 9.17) is 4.74 Å². The summed E-state index contributed by atoms with van der Waals surface area (Å²) in [7, 11) is 1.54. The number of fused-ring (bicyclic) bond motifs is 1. The fourth-order valence-corrected chi connectivity index (χ4v) is 3.41. The number of carbonyl (C=O) groups is 2. The van der Waals surface area contributed by atoms with Crippen LogP contribution in [0.25, 0.3) is 10.8 Å². The van der Waals surface area contributed by atoms with E-state index >= 15 is 0 Å². The first kappa shape index (κ1) is 17.7. The minimum atomic E-state index is -0.228. The van der Waals surface area contributed by atoms with Gasteiger partial charge in [-0.05, 0) is 16.8 Å². The van der Waals surface area contributed by atoms with Crippen molar-refractivity contribution < 1.29 is 14.3 Å². The molecule has 0 saturated carbocycles. The fourth-order valence-electron chi connectivity index (χ4n) is 3.41. The van der Waals surface area contributed by atoms with Crippen LogP contribution in [0.5, 0.6) is 5.75 Å². The Morgan fingerprint density at radius 1 is 0.643 bits per heavy atom. The Balaban J connectivity index is 1.89. The summed E-state index contributed by atoms with van der Waals surface area (Å²) in [5.41, 5.74) is 1.77. The Hall–Kier alpha value is -3.72. The van der Waals surface area contributed by atoms with Gasteiger partial charge in [-0.3, -0.25) is 9.59 Å². The van der Waals surface area contributed by atoms with E-state index in [0.29, 0.717) is 28.0 Å². The lowest BCUT2D eigenvalue weighted by molar-refractivity contribution is 0.100. The topological polar surface area (TPSA) is 43.4 Å². The van der Waals surface area contributed by atoms with E-state index in [0.717, 1.165) is 10.8 Å². The Bertz CT molecular complexity index is 1180. The highest BCUT2D eigenvalue weighted by atomic mass is 16.5. The molecule has 0 aliphatic rings. The van der Waals surface area contributed by atoms with Crippen LogP contribution >= 0.6 is 0 Å². The maximum atomic E-state index is 13.6. The third-order valence-electron chi connectivity index (χ3n) is 4.79. The number of benzene rings is 4. The van der Waals surface area contributed by atoms with E-state index in [-0.39, 0.29) is 11.6 Å². The molecule has 3 nitrogen and oxygen atoms in total. The van der Waals surface area contributed by atoms with Crippen molar-refractivity contribution in [2.75, 3.05) is 7.11 Å². The molecule has 136 valence electrons. The molecule has 4 aromatic carbocycles. The first-order valence-electron chi connectivity index (χ1n) is 9.00. The van der Waals surface area contributed by atoms with Gasteiger partial charge in [0.1, 0.15) is 5.75 Å². The maximum absolute atomic E-state index is 13.6. The number of hydrogen-bond acceptors (Lipinski definition) is 3. The third kappa shape index (κ3) is 3.08. The summed E-state index contributed by atoms with van der Waals surface area (Å²) in [5.74, 6) is 0.0861. The van der Waals surface area contributed by atoms with Gasteiger partial charge in [0, 0.05) is 16.7 Å². The van der Waals surface area contributed by atoms with Gasteiger partial charge in [0.25, 0.3) is 0 Å². The zero-order valence-corrected chi connectivity index (χ0v) is 15.4. The zero-order chi connectivity index (χ0) is 19.5.